The van der Waals surface area contributed by atoms with Gasteiger partial charge in [-0.3, -0.25) is 4.79 Å². The average Bonchev–Trinajstić information content (AvgIpc) is 2.07. The smallest absolute Gasteiger partial charge is 0.225 e. The molecule has 0 radical (unpaired) electrons. The number of piperidine rings is 1. The molecule has 14 heavy (non-hydrogen) atoms. The molecule has 1 heterocycles. The number of hydrogen-bond acceptors (Lipinski definition) is 1. The van der Waals surface area contributed by atoms with Crippen LogP contribution < -0.4 is 0 Å². The van der Waals surface area contributed by atoms with Crippen LogP contribution in [0.4, 0.5) is 0 Å². The van der Waals surface area contributed by atoms with Crippen LogP contribution in [0.1, 0.15) is 40.5 Å². The normalized spacial score (nSPS) is 23.7. The highest BCUT2D eigenvalue weighted by molar-refractivity contribution is 5.79. The van der Waals surface area contributed by atoms with Crippen LogP contribution in [0.15, 0.2) is 0 Å². The molecule has 82 valence electrons. The van der Waals surface area contributed by atoms with E-state index in [4.69, 9.17) is 0 Å². The van der Waals surface area contributed by atoms with Gasteiger partial charge in [0.15, 0.2) is 0 Å². The van der Waals surface area contributed by atoms with Crippen LogP contribution in [0.3, 0.4) is 0 Å². The van der Waals surface area contributed by atoms with Crippen LogP contribution in [0.25, 0.3) is 0 Å². The molecule has 1 rings (SSSR count). The van der Waals surface area contributed by atoms with Crippen molar-refractivity contribution in [1.29, 1.82) is 0 Å². The van der Waals surface area contributed by atoms with Crippen molar-refractivity contribution < 1.29 is 4.79 Å². The van der Waals surface area contributed by atoms with E-state index in [0.717, 1.165) is 19.5 Å². The fourth-order valence-corrected chi connectivity index (χ4v) is 2.21. The molecule has 1 aliphatic heterocycles. The summed E-state index contributed by atoms with van der Waals surface area (Å²) in [4.78, 5) is 14.1. The minimum absolute atomic E-state index is 0.280. The van der Waals surface area contributed by atoms with Crippen molar-refractivity contribution in [2.45, 2.75) is 40.5 Å². The largest absolute Gasteiger partial charge is 0.342 e. The number of carbonyl (C=O) groups is 1. The number of carbonyl (C=O) groups excluding carboxylic acids is 1. The van der Waals surface area contributed by atoms with E-state index >= 15 is 0 Å². The highest BCUT2D eigenvalue weighted by Gasteiger charge is 2.30. The SMILES string of the molecule is CC(C)CN1CCCC(C(C)C)C1=O. The molecule has 1 unspecified atom stereocenters. The molecule has 0 N–H and O–H groups in total. The van der Waals surface area contributed by atoms with Gasteiger partial charge in [-0.1, -0.05) is 27.7 Å². The number of hydrogen-bond donors (Lipinski definition) is 0. The second kappa shape index (κ2) is 4.81. The zero-order chi connectivity index (χ0) is 10.7. The standard InChI is InChI=1S/C12H23NO/c1-9(2)8-13-7-5-6-11(10(3)4)12(13)14/h9-11H,5-8H2,1-4H3. The Kier molecular flexibility index (Phi) is 3.97. The summed E-state index contributed by atoms with van der Waals surface area (Å²) in [6, 6.07) is 0. The van der Waals surface area contributed by atoms with Gasteiger partial charge in [-0.15, -0.1) is 0 Å². The lowest BCUT2D eigenvalue weighted by Gasteiger charge is -2.35. The first-order valence-corrected chi connectivity index (χ1v) is 5.81. The van der Waals surface area contributed by atoms with Crippen LogP contribution in [-0.2, 0) is 4.79 Å². The molecule has 1 saturated heterocycles. The first-order valence-electron chi connectivity index (χ1n) is 5.81. The molecule has 0 aliphatic carbocycles. The van der Waals surface area contributed by atoms with Gasteiger partial charge in [-0.2, -0.15) is 0 Å². The summed E-state index contributed by atoms with van der Waals surface area (Å²) < 4.78 is 0. The third-order valence-corrected chi connectivity index (χ3v) is 2.96. The lowest BCUT2D eigenvalue weighted by Crippen LogP contribution is -2.44. The van der Waals surface area contributed by atoms with Gasteiger partial charge in [0, 0.05) is 19.0 Å². The molecule has 1 fully saturated rings. The van der Waals surface area contributed by atoms with Crippen LogP contribution in [0, 0.1) is 17.8 Å². The molecule has 0 aromatic heterocycles. The number of likely N-dealkylation sites (tertiary alicyclic amines) is 1. The number of amides is 1. The van der Waals surface area contributed by atoms with Crippen LogP contribution in [-0.4, -0.2) is 23.9 Å². The zero-order valence-corrected chi connectivity index (χ0v) is 9.92. The van der Waals surface area contributed by atoms with Crippen molar-refractivity contribution in [2.24, 2.45) is 17.8 Å². The summed E-state index contributed by atoms with van der Waals surface area (Å²) in [5.41, 5.74) is 0. The lowest BCUT2D eigenvalue weighted by atomic mass is 9.87. The molecule has 2 heteroatoms. The summed E-state index contributed by atoms with van der Waals surface area (Å²) >= 11 is 0. The minimum atomic E-state index is 0.280. The van der Waals surface area contributed by atoms with Crippen molar-refractivity contribution in [3.63, 3.8) is 0 Å². The van der Waals surface area contributed by atoms with E-state index in [-0.39, 0.29) is 5.92 Å². The van der Waals surface area contributed by atoms with E-state index in [9.17, 15) is 4.79 Å². The van der Waals surface area contributed by atoms with E-state index < -0.39 is 0 Å². The monoisotopic (exact) mass is 197 g/mol. The van der Waals surface area contributed by atoms with Gasteiger partial charge in [-0.25, -0.2) is 0 Å². The molecular formula is C12H23NO. The Balaban J connectivity index is 2.57. The van der Waals surface area contributed by atoms with E-state index in [1.165, 1.54) is 6.42 Å². The Hall–Kier alpha value is -0.530. The van der Waals surface area contributed by atoms with Crippen molar-refractivity contribution in [3.05, 3.63) is 0 Å². The third-order valence-electron chi connectivity index (χ3n) is 2.96. The molecule has 1 aliphatic rings. The topological polar surface area (TPSA) is 20.3 Å². The third kappa shape index (κ3) is 2.73. The van der Waals surface area contributed by atoms with Crippen molar-refractivity contribution in [1.82, 2.24) is 4.90 Å². The van der Waals surface area contributed by atoms with Gasteiger partial charge in [0.1, 0.15) is 0 Å². The van der Waals surface area contributed by atoms with Gasteiger partial charge in [0.2, 0.25) is 5.91 Å². The maximum absolute atomic E-state index is 12.0. The molecule has 1 atom stereocenters. The lowest BCUT2D eigenvalue weighted by molar-refractivity contribution is -0.140. The Bertz CT molecular complexity index is 198. The van der Waals surface area contributed by atoms with Gasteiger partial charge in [0.25, 0.3) is 0 Å². The van der Waals surface area contributed by atoms with Crippen molar-refractivity contribution >= 4 is 5.91 Å². The molecule has 0 aromatic rings. The van der Waals surface area contributed by atoms with E-state index in [0.29, 0.717) is 17.7 Å². The Morgan fingerprint density at radius 3 is 2.50 bits per heavy atom. The van der Waals surface area contributed by atoms with Crippen molar-refractivity contribution in [2.75, 3.05) is 13.1 Å². The first-order chi connectivity index (χ1) is 6.52. The Labute approximate surface area is 87.7 Å². The van der Waals surface area contributed by atoms with Crippen LogP contribution in [0.5, 0.6) is 0 Å². The number of rotatable bonds is 3. The number of nitrogens with zero attached hydrogens (tertiary/aromatic N) is 1. The Morgan fingerprint density at radius 1 is 1.36 bits per heavy atom. The fraction of sp³-hybridized carbons (Fsp3) is 0.917. The molecule has 1 amide bonds. The van der Waals surface area contributed by atoms with Gasteiger partial charge < -0.3 is 4.90 Å². The highest BCUT2D eigenvalue weighted by atomic mass is 16.2. The van der Waals surface area contributed by atoms with Crippen molar-refractivity contribution in [3.8, 4) is 0 Å². The van der Waals surface area contributed by atoms with E-state index in [1.54, 1.807) is 0 Å². The molecule has 0 spiro atoms. The van der Waals surface area contributed by atoms with Gasteiger partial charge in [-0.05, 0) is 24.7 Å². The predicted octanol–water partition coefficient (Wildman–Crippen LogP) is 2.54. The second-order valence-corrected chi connectivity index (χ2v) is 5.17. The molecule has 0 saturated carbocycles. The highest BCUT2D eigenvalue weighted by Crippen LogP contribution is 2.25. The van der Waals surface area contributed by atoms with Gasteiger partial charge >= 0.3 is 0 Å². The van der Waals surface area contributed by atoms with Crippen LogP contribution >= 0.6 is 0 Å². The summed E-state index contributed by atoms with van der Waals surface area (Å²) in [6.45, 7) is 10.6. The Morgan fingerprint density at radius 2 is 2.00 bits per heavy atom. The fourth-order valence-electron chi connectivity index (χ4n) is 2.21. The maximum Gasteiger partial charge on any atom is 0.225 e. The summed E-state index contributed by atoms with van der Waals surface area (Å²) in [7, 11) is 0. The second-order valence-electron chi connectivity index (χ2n) is 5.17. The van der Waals surface area contributed by atoms with Crippen LogP contribution in [0.2, 0.25) is 0 Å². The molecular weight excluding hydrogens is 174 g/mol. The summed E-state index contributed by atoms with van der Waals surface area (Å²) in [6.07, 6.45) is 2.27. The summed E-state index contributed by atoms with van der Waals surface area (Å²) in [5, 5.41) is 0. The average molecular weight is 197 g/mol. The first kappa shape index (κ1) is 11.5. The summed E-state index contributed by atoms with van der Waals surface area (Å²) in [5.74, 6) is 1.75. The van der Waals surface area contributed by atoms with E-state index in [1.807, 2.05) is 0 Å². The maximum atomic E-state index is 12.0. The molecule has 0 aromatic carbocycles. The molecule has 2 nitrogen and oxygen atoms in total. The van der Waals surface area contributed by atoms with E-state index in [2.05, 4.69) is 32.6 Å². The minimum Gasteiger partial charge on any atom is -0.342 e. The zero-order valence-electron chi connectivity index (χ0n) is 9.92. The van der Waals surface area contributed by atoms with Gasteiger partial charge in [0.05, 0.1) is 0 Å². The predicted molar refractivity (Wildman–Crippen MR) is 59.0 cm³/mol. The quantitative estimate of drug-likeness (QED) is 0.681. The molecule has 0 bridgehead atoms.